The highest BCUT2D eigenvalue weighted by molar-refractivity contribution is 5.77. The van der Waals surface area contributed by atoms with E-state index in [9.17, 15) is 0 Å². The van der Waals surface area contributed by atoms with Gasteiger partial charge in [-0.1, -0.05) is 97.1 Å². The Balaban J connectivity index is 1.07. The first-order chi connectivity index (χ1) is 22.8. The van der Waals surface area contributed by atoms with Crippen LogP contribution in [0.5, 0.6) is 0 Å². The molecule has 1 aromatic heterocycles. The van der Waals surface area contributed by atoms with Gasteiger partial charge in [0, 0.05) is 47.3 Å². The number of aromatic nitrogens is 1. The molecule has 4 heteroatoms. The van der Waals surface area contributed by atoms with Crippen LogP contribution in [0.1, 0.15) is 11.3 Å². The molecular formula is C42H34N4. The summed E-state index contributed by atoms with van der Waals surface area (Å²) in [6.45, 7) is 1.03. The number of pyridine rings is 1. The zero-order valence-corrected chi connectivity index (χ0v) is 25.5. The second kappa shape index (κ2) is 12.3. The summed E-state index contributed by atoms with van der Waals surface area (Å²) in [7, 11) is 0. The molecule has 1 atom stereocenters. The van der Waals surface area contributed by atoms with Crippen LogP contribution in [0.15, 0.2) is 170 Å². The van der Waals surface area contributed by atoms with E-state index in [-0.39, 0.29) is 6.17 Å². The first kappa shape index (κ1) is 27.7. The molecule has 1 unspecified atom stereocenters. The van der Waals surface area contributed by atoms with Gasteiger partial charge in [0.05, 0.1) is 5.69 Å². The summed E-state index contributed by atoms with van der Waals surface area (Å²) in [5.74, 6) is 0. The molecule has 0 radical (unpaired) electrons. The fourth-order valence-electron chi connectivity index (χ4n) is 6.50. The number of hydrogen-bond acceptors (Lipinski definition) is 4. The molecule has 4 nitrogen and oxygen atoms in total. The van der Waals surface area contributed by atoms with Crippen molar-refractivity contribution in [3.05, 3.63) is 181 Å². The number of nitrogens with one attached hydrogen (secondary N) is 1. The minimum atomic E-state index is -0.0662. The second-order valence-electron chi connectivity index (χ2n) is 11.7. The summed E-state index contributed by atoms with van der Waals surface area (Å²) < 4.78 is 0. The highest BCUT2D eigenvalue weighted by Crippen LogP contribution is 2.36. The van der Waals surface area contributed by atoms with E-state index < -0.39 is 0 Å². The topological polar surface area (TPSA) is 31.4 Å². The fourth-order valence-corrected chi connectivity index (χ4v) is 6.50. The maximum atomic E-state index is 4.53. The molecule has 0 fully saturated rings. The lowest BCUT2D eigenvalue weighted by Crippen LogP contribution is -2.40. The Morgan fingerprint density at radius 3 is 1.85 bits per heavy atom. The minimum Gasteiger partial charge on any atom is -0.367 e. The zero-order valence-electron chi connectivity index (χ0n) is 25.5. The molecule has 46 heavy (non-hydrogen) atoms. The number of nitrogens with zero attached hydrogens (tertiary/aromatic N) is 3. The Morgan fingerprint density at radius 1 is 0.609 bits per heavy atom. The Bertz CT molecular complexity index is 2000. The molecule has 0 aliphatic carbocycles. The summed E-state index contributed by atoms with van der Waals surface area (Å²) in [4.78, 5) is 9.29. The third-order valence-corrected chi connectivity index (χ3v) is 8.90. The van der Waals surface area contributed by atoms with Gasteiger partial charge in [0.1, 0.15) is 6.17 Å². The number of para-hydroxylation sites is 1. The molecule has 5 aromatic carbocycles. The molecule has 1 N–H and O–H groups in total. The molecule has 8 rings (SSSR count). The molecule has 2 aliphatic rings. The van der Waals surface area contributed by atoms with Gasteiger partial charge in [0.25, 0.3) is 0 Å². The third kappa shape index (κ3) is 5.46. The van der Waals surface area contributed by atoms with Crippen molar-refractivity contribution in [3.8, 4) is 22.3 Å². The van der Waals surface area contributed by atoms with E-state index in [1.807, 2.05) is 24.4 Å². The summed E-state index contributed by atoms with van der Waals surface area (Å²) in [5, 5.41) is 3.63. The van der Waals surface area contributed by atoms with Crippen molar-refractivity contribution in [2.45, 2.75) is 12.6 Å². The SMILES string of the molecule is C1=CC(N(c2ccc(-c3ccccc3)cc2)c2ccc(-c3ccc(N4CCc5ccccc54)cc3)cc2)NC=C1c1ccccn1. The molecule has 0 amide bonds. The van der Waals surface area contributed by atoms with Gasteiger partial charge in [0.15, 0.2) is 0 Å². The molecule has 0 spiro atoms. The standard InChI is InChI=1S/C42H34N4/c1-2-8-31(9-3-1)32-15-22-38(23-16-32)46(42-26-19-36(30-44-42)40-11-6-7-28-43-40)39-24-17-34(18-25-39)33-13-20-37(21-14-33)45-29-27-35-10-4-5-12-41(35)45/h1-26,28,30,42,44H,27,29H2. The third-order valence-electron chi connectivity index (χ3n) is 8.90. The van der Waals surface area contributed by atoms with Crippen LogP contribution in [0, 0.1) is 0 Å². The second-order valence-corrected chi connectivity index (χ2v) is 11.7. The molecule has 0 saturated heterocycles. The fraction of sp³-hybridized carbons (Fsp3) is 0.0714. The molecular weight excluding hydrogens is 560 g/mol. The number of rotatable bonds is 7. The summed E-state index contributed by atoms with van der Waals surface area (Å²) in [6.07, 6.45) is 9.28. The maximum absolute atomic E-state index is 4.53. The van der Waals surface area contributed by atoms with Crippen molar-refractivity contribution < 1.29 is 0 Å². The lowest BCUT2D eigenvalue weighted by Gasteiger charge is -2.34. The predicted molar refractivity (Wildman–Crippen MR) is 191 cm³/mol. The monoisotopic (exact) mass is 594 g/mol. The molecule has 3 heterocycles. The highest BCUT2D eigenvalue weighted by atomic mass is 15.3. The van der Waals surface area contributed by atoms with Crippen LogP contribution in [-0.2, 0) is 6.42 Å². The largest absolute Gasteiger partial charge is 0.367 e. The molecule has 222 valence electrons. The number of anilines is 4. The molecule has 6 aromatic rings. The number of hydrogen-bond donors (Lipinski definition) is 1. The maximum Gasteiger partial charge on any atom is 0.123 e. The van der Waals surface area contributed by atoms with Crippen molar-refractivity contribution >= 4 is 28.3 Å². The van der Waals surface area contributed by atoms with Gasteiger partial charge in [-0.3, -0.25) is 4.98 Å². The van der Waals surface area contributed by atoms with Gasteiger partial charge in [-0.15, -0.1) is 0 Å². The lowest BCUT2D eigenvalue weighted by molar-refractivity contribution is 0.702. The van der Waals surface area contributed by atoms with E-state index in [1.165, 1.54) is 39.2 Å². The Kier molecular flexibility index (Phi) is 7.37. The van der Waals surface area contributed by atoms with Crippen molar-refractivity contribution in [1.82, 2.24) is 10.3 Å². The van der Waals surface area contributed by atoms with E-state index in [4.69, 9.17) is 0 Å². The number of allylic oxidation sites excluding steroid dienone is 2. The quantitative estimate of drug-likeness (QED) is 0.199. The summed E-state index contributed by atoms with van der Waals surface area (Å²) in [6, 6.07) is 51.9. The van der Waals surface area contributed by atoms with Gasteiger partial charge in [-0.05, 0) is 94.9 Å². The average Bonchev–Trinajstić information content (AvgIpc) is 3.58. The molecule has 0 bridgehead atoms. The number of dihydropyridines is 1. The predicted octanol–water partition coefficient (Wildman–Crippen LogP) is 9.77. The number of benzene rings is 5. The van der Waals surface area contributed by atoms with Crippen LogP contribution < -0.4 is 15.1 Å². The average molecular weight is 595 g/mol. The van der Waals surface area contributed by atoms with E-state index in [0.29, 0.717) is 0 Å². The van der Waals surface area contributed by atoms with Crippen molar-refractivity contribution in [1.29, 1.82) is 0 Å². The van der Waals surface area contributed by atoms with E-state index >= 15 is 0 Å². The van der Waals surface area contributed by atoms with Crippen molar-refractivity contribution in [2.24, 2.45) is 0 Å². The normalized spacial score (nSPS) is 15.2. The first-order valence-corrected chi connectivity index (χ1v) is 15.9. The Hall–Kier alpha value is -5.87. The lowest BCUT2D eigenvalue weighted by atomic mass is 10.0. The van der Waals surface area contributed by atoms with E-state index in [0.717, 1.165) is 35.6 Å². The Morgan fingerprint density at radius 2 is 1.22 bits per heavy atom. The highest BCUT2D eigenvalue weighted by Gasteiger charge is 2.22. The first-order valence-electron chi connectivity index (χ1n) is 15.9. The van der Waals surface area contributed by atoms with Crippen LogP contribution in [0.25, 0.3) is 27.8 Å². The van der Waals surface area contributed by atoms with E-state index in [1.54, 1.807) is 0 Å². The van der Waals surface area contributed by atoms with Gasteiger partial charge >= 0.3 is 0 Å². The van der Waals surface area contributed by atoms with Gasteiger partial charge in [-0.25, -0.2) is 0 Å². The van der Waals surface area contributed by atoms with Crippen molar-refractivity contribution in [2.75, 3.05) is 16.3 Å². The Labute approximate surface area is 270 Å². The molecule has 2 aliphatic heterocycles. The van der Waals surface area contributed by atoms with Crippen LogP contribution in [0.4, 0.5) is 22.7 Å². The van der Waals surface area contributed by atoms with Crippen LogP contribution >= 0.6 is 0 Å². The van der Waals surface area contributed by atoms with E-state index in [2.05, 4.69) is 166 Å². The van der Waals surface area contributed by atoms with Crippen LogP contribution in [-0.4, -0.2) is 17.7 Å². The molecule has 0 saturated carbocycles. The zero-order chi connectivity index (χ0) is 30.7. The van der Waals surface area contributed by atoms with Gasteiger partial charge < -0.3 is 15.1 Å². The minimum absolute atomic E-state index is 0.0662. The number of fused-ring (bicyclic) bond motifs is 1. The van der Waals surface area contributed by atoms with Crippen LogP contribution in [0.2, 0.25) is 0 Å². The van der Waals surface area contributed by atoms with Gasteiger partial charge in [-0.2, -0.15) is 0 Å². The summed E-state index contributed by atoms with van der Waals surface area (Å²) >= 11 is 0. The van der Waals surface area contributed by atoms with Crippen LogP contribution in [0.3, 0.4) is 0 Å². The van der Waals surface area contributed by atoms with Crippen molar-refractivity contribution in [3.63, 3.8) is 0 Å². The summed E-state index contributed by atoms with van der Waals surface area (Å²) in [5.41, 5.74) is 13.0. The smallest absolute Gasteiger partial charge is 0.123 e. The van der Waals surface area contributed by atoms with Gasteiger partial charge in [0.2, 0.25) is 0 Å².